The van der Waals surface area contributed by atoms with Crippen LogP contribution in [0.2, 0.25) is 0 Å². The Balaban J connectivity index is 1.51. The first-order valence-electron chi connectivity index (χ1n) is 8.55. The average Bonchev–Trinajstić information content (AvgIpc) is 2.63. The number of ether oxygens (including phenoxy) is 2. The number of carboxylic acids is 1. The van der Waals surface area contributed by atoms with Gasteiger partial charge in [-0.25, -0.2) is 0 Å². The molecule has 0 aliphatic carbocycles. The van der Waals surface area contributed by atoms with Gasteiger partial charge in [0.2, 0.25) is 0 Å². The smallest absolute Gasteiger partial charge is 0.307 e. The van der Waals surface area contributed by atoms with Crippen LogP contribution >= 0.6 is 0 Å². The SMILES string of the molecule is O=C(O)Cc1ccc(-c2ccc(OCCN3CCOCC3)cc2)cc1. The maximum absolute atomic E-state index is 10.7. The number of hydrogen-bond donors (Lipinski definition) is 1. The van der Waals surface area contributed by atoms with E-state index in [2.05, 4.69) is 4.90 Å². The summed E-state index contributed by atoms with van der Waals surface area (Å²) >= 11 is 0. The molecule has 3 rings (SSSR count). The van der Waals surface area contributed by atoms with Gasteiger partial charge >= 0.3 is 5.97 Å². The van der Waals surface area contributed by atoms with E-state index < -0.39 is 5.97 Å². The van der Waals surface area contributed by atoms with Gasteiger partial charge in [-0.15, -0.1) is 0 Å². The average molecular weight is 341 g/mol. The zero-order chi connectivity index (χ0) is 17.5. The lowest BCUT2D eigenvalue weighted by Gasteiger charge is -2.26. The fraction of sp³-hybridized carbons (Fsp3) is 0.350. The van der Waals surface area contributed by atoms with Gasteiger partial charge in [0.05, 0.1) is 19.6 Å². The Hall–Kier alpha value is -2.37. The molecule has 0 bridgehead atoms. The highest BCUT2D eigenvalue weighted by Gasteiger charge is 2.09. The molecule has 1 saturated heterocycles. The maximum Gasteiger partial charge on any atom is 0.307 e. The predicted octanol–water partition coefficient (Wildman–Crippen LogP) is 2.69. The van der Waals surface area contributed by atoms with Crippen molar-refractivity contribution in [2.75, 3.05) is 39.5 Å². The van der Waals surface area contributed by atoms with Crippen molar-refractivity contribution < 1.29 is 19.4 Å². The molecule has 0 unspecified atom stereocenters. The Morgan fingerprint density at radius 1 is 1.00 bits per heavy atom. The highest BCUT2D eigenvalue weighted by atomic mass is 16.5. The number of rotatable bonds is 7. The van der Waals surface area contributed by atoms with Crippen molar-refractivity contribution in [3.8, 4) is 16.9 Å². The topological polar surface area (TPSA) is 59.0 Å². The van der Waals surface area contributed by atoms with Gasteiger partial charge in [-0.1, -0.05) is 36.4 Å². The van der Waals surface area contributed by atoms with Crippen LogP contribution in [0.15, 0.2) is 48.5 Å². The molecule has 132 valence electrons. The van der Waals surface area contributed by atoms with Crippen molar-refractivity contribution in [1.82, 2.24) is 4.90 Å². The molecule has 1 heterocycles. The molecule has 1 aliphatic heterocycles. The van der Waals surface area contributed by atoms with Crippen LogP contribution in [-0.4, -0.2) is 55.4 Å². The quantitative estimate of drug-likeness (QED) is 0.839. The van der Waals surface area contributed by atoms with Gasteiger partial charge in [0.1, 0.15) is 12.4 Å². The lowest BCUT2D eigenvalue weighted by Crippen LogP contribution is -2.38. The van der Waals surface area contributed by atoms with Gasteiger partial charge in [-0.05, 0) is 28.8 Å². The molecule has 5 heteroatoms. The molecular weight excluding hydrogens is 318 g/mol. The molecule has 1 fully saturated rings. The first kappa shape index (κ1) is 17.5. The number of nitrogens with zero attached hydrogens (tertiary/aromatic N) is 1. The summed E-state index contributed by atoms with van der Waals surface area (Å²) in [5.74, 6) is 0.0471. The second-order valence-corrected chi connectivity index (χ2v) is 6.09. The van der Waals surface area contributed by atoms with E-state index in [0.717, 1.165) is 55.3 Å². The standard InChI is InChI=1S/C20H23NO4/c22-20(23)15-16-1-3-17(4-2-16)18-5-7-19(8-6-18)25-14-11-21-9-12-24-13-10-21/h1-8H,9-15H2,(H,22,23). The van der Waals surface area contributed by atoms with Gasteiger partial charge in [0, 0.05) is 19.6 Å². The third kappa shape index (κ3) is 5.31. The van der Waals surface area contributed by atoms with Crippen LogP contribution in [0.3, 0.4) is 0 Å². The number of aliphatic carboxylic acids is 1. The third-order valence-corrected chi connectivity index (χ3v) is 4.28. The Morgan fingerprint density at radius 3 is 2.20 bits per heavy atom. The monoisotopic (exact) mass is 341 g/mol. The Labute approximate surface area is 147 Å². The van der Waals surface area contributed by atoms with Crippen LogP contribution in [0, 0.1) is 0 Å². The minimum Gasteiger partial charge on any atom is -0.492 e. The summed E-state index contributed by atoms with van der Waals surface area (Å²) < 4.78 is 11.1. The number of carbonyl (C=O) groups is 1. The lowest BCUT2D eigenvalue weighted by molar-refractivity contribution is -0.136. The minimum absolute atomic E-state index is 0.0518. The van der Waals surface area contributed by atoms with E-state index in [4.69, 9.17) is 14.6 Å². The summed E-state index contributed by atoms with van der Waals surface area (Å²) in [6.07, 6.45) is 0.0518. The highest BCUT2D eigenvalue weighted by molar-refractivity contribution is 5.71. The molecule has 0 atom stereocenters. The number of morpholine rings is 1. The van der Waals surface area contributed by atoms with E-state index >= 15 is 0 Å². The summed E-state index contributed by atoms with van der Waals surface area (Å²) in [6.45, 7) is 5.14. The molecule has 0 radical (unpaired) electrons. The number of carboxylic acid groups (broad SMARTS) is 1. The Morgan fingerprint density at radius 2 is 1.60 bits per heavy atom. The van der Waals surface area contributed by atoms with Gasteiger partial charge in [-0.2, -0.15) is 0 Å². The maximum atomic E-state index is 10.7. The summed E-state index contributed by atoms with van der Waals surface area (Å²) in [5, 5.41) is 8.81. The van der Waals surface area contributed by atoms with Crippen LogP contribution in [-0.2, 0) is 16.0 Å². The van der Waals surface area contributed by atoms with Crippen molar-refractivity contribution in [3.05, 3.63) is 54.1 Å². The van der Waals surface area contributed by atoms with Crippen molar-refractivity contribution in [1.29, 1.82) is 0 Å². The van der Waals surface area contributed by atoms with Crippen molar-refractivity contribution >= 4 is 5.97 Å². The zero-order valence-electron chi connectivity index (χ0n) is 14.2. The van der Waals surface area contributed by atoms with Crippen LogP contribution in [0.5, 0.6) is 5.75 Å². The molecule has 1 aliphatic rings. The summed E-state index contributed by atoms with van der Waals surface area (Å²) in [6, 6.07) is 15.6. The number of hydrogen-bond acceptors (Lipinski definition) is 4. The van der Waals surface area contributed by atoms with Gasteiger partial charge < -0.3 is 14.6 Å². The first-order valence-corrected chi connectivity index (χ1v) is 8.55. The van der Waals surface area contributed by atoms with Crippen LogP contribution in [0.25, 0.3) is 11.1 Å². The van der Waals surface area contributed by atoms with Crippen LogP contribution in [0.1, 0.15) is 5.56 Å². The van der Waals surface area contributed by atoms with E-state index in [9.17, 15) is 4.79 Å². The highest BCUT2D eigenvalue weighted by Crippen LogP contribution is 2.23. The van der Waals surface area contributed by atoms with Gasteiger partial charge in [0.25, 0.3) is 0 Å². The summed E-state index contributed by atoms with van der Waals surface area (Å²) in [7, 11) is 0. The normalized spacial score (nSPS) is 15.0. The number of benzene rings is 2. The fourth-order valence-corrected chi connectivity index (χ4v) is 2.85. The molecular formula is C20H23NO4. The van der Waals surface area contributed by atoms with E-state index in [-0.39, 0.29) is 6.42 Å². The fourth-order valence-electron chi connectivity index (χ4n) is 2.85. The summed E-state index contributed by atoms with van der Waals surface area (Å²) in [4.78, 5) is 13.1. The zero-order valence-corrected chi connectivity index (χ0v) is 14.2. The second-order valence-electron chi connectivity index (χ2n) is 6.09. The first-order chi connectivity index (χ1) is 12.2. The molecule has 1 N–H and O–H groups in total. The van der Waals surface area contributed by atoms with Crippen molar-refractivity contribution in [3.63, 3.8) is 0 Å². The molecule has 25 heavy (non-hydrogen) atoms. The largest absolute Gasteiger partial charge is 0.492 e. The van der Waals surface area contributed by atoms with Gasteiger partial charge in [0.15, 0.2) is 0 Å². The van der Waals surface area contributed by atoms with E-state index in [1.807, 2.05) is 48.5 Å². The molecule has 0 saturated carbocycles. The Kier molecular flexibility index (Phi) is 6.04. The molecule has 0 amide bonds. The Bertz CT molecular complexity index is 676. The van der Waals surface area contributed by atoms with E-state index in [0.29, 0.717) is 6.61 Å². The molecule has 2 aromatic rings. The minimum atomic E-state index is -0.814. The molecule has 0 aromatic heterocycles. The lowest BCUT2D eigenvalue weighted by atomic mass is 10.0. The summed E-state index contributed by atoms with van der Waals surface area (Å²) in [5.41, 5.74) is 2.95. The predicted molar refractivity (Wildman–Crippen MR) is 96.0 cm³/mol. The molecule has 0 spiro atoms. The van der Waals surface area contributed by atoms with Crippen molar-refractivity contribution in [2.24, 2.45) is 0 Å². The molecule has 5 nitrogen and oxygen atoms in total. The van der Waals surface area contributed by atoms with Gasteiger partial charge in [-0.3, -0.25) is 9.69 Å². The van der Waals surface area contributed by atoms with Crippen molar-refractivity contribution in [2.45, 2.75) is 6.42 Å². The van der Waals surface area contributed by atoms with E-state index in [1.165, 1.54) is 0 Å². The second kappa shape index (κ2) is 8.65. The van der Waals surface area contributed by atoms with Crippen LogP contribution < -0.4 is 4.74 Å². The van der Waals surface area contributed by atoms with Crippen LogP contribution in [0.4, 0.5) is 0 Å². The van der Waals surface area contributed by atoms with E-state index in [1.54, 1.807) is 0 Å². The third-order valence-electron chi connectivity index (χ3n) is 4.28. The molecule has 2 aromatic carbocycles.